The van der Waals surface area contributed by atoms with Crippen molar-refractivity contribution in [2.24, 2.45) is 0 Å². The molecule has 23 heavy (non-hydrogen) atoms. The Kier molecular flexibility index (Phi) is 5.91. The third-order valence-electron chi connectivity index (χ3n) is 3.81. The van der Waals surface area contributed by atoms with Gasteiger partial charge in [0.15, 0.2) is 0 Å². The van der Waals surface area contributed by atoms with Crippen LogP contribution in [0.5, 0.6) is 11.5 Å². The van der Waals surface area contributed by atoms with E-state index in [4.69, 9.17) is 21.1 Å². The van der Waals surface area contributed by atoms with Gasteiger partial charge in [0.05, 0.1) is 24.9 Å². The molecule has 0 radical (unpaired) electrons. The molecule has 0 spiro atoms. The van der Waals surface area contributed by atoms with Crippen molar-refractivity contribution in [2.45, 2.75) is 33.5 Å². The molecule has 1 aromatic heterocycles. The Morgan fingerprint density at radius 2 is 1.78 bits per heavy atom. The maximum Gasteiger partial charge on any atom is 0.141 e. The van der Waals surface area contributed by atoms with E-state index in [1.54, 1.807) is 14.2 Å². The second-order valence-electron chi connectivity index (χ2n) is 5.57. The summed E-state index contributed by atoms with van der Waals surface area (Å²) < 4.78 is 12.7. The van der Waals surface area contributed by atoms with Crippen molar-refractivity contribution in [2.75, 3.05) is 21.3 Å². The zero-order valence-corrected chi connectivity index (χ0v) is 15.1. The summed E-state index contributed by atoms with van der Waals surface area (Å²) in [6.45, 7) is 6.55. The molecule has 0 saturated carbocycles. The van der Waals surface area contributed by atoms with Crippen LogP contribution in [0.3, 0.4) is 0 Å². The normalized spacial score (nSPS) is 11.1. The lowest BCUT2D eigenvalue weighted by Crippen LogP contribution is -2.18. The second kappa shape index (κ2) is 7.70. The molecule has 6 heteroatoms. The lowest BCUT2D eigenvalue weighted by Gasteiger charge is -2.19. The molecule has 2 aromatic rings. The van der Waals surface area contributed by atoms with Crippen molar-refractivity contribution in [3.8, 4) is 11.5 Å². The van der Waals surface area contributed by atoms with Crippen LogP contribution in [0.1, 0.15) is 23.7 Å². The minimum absolute atomic E-state index is 0.590. The lowest BCUT2D eigenvalue weighted by molar-refractivity contribution is 0.308. The summed E-state index contributed by atoms with van der Waals surface area (Å²) in [6.07, 6.45) is 2.10. The second-order valence-corrected chi connectivity index (χ2v) is 5.97. The van der Waals surface area contributed by atoms with E-state index in [9.17, 15) is 0 Å². The molecular formula is C17H24ClN3O2. The van der Waals surface area contributed by atoms with Crippen molar-refractivity contribution < 1.29 is 9.47 Å². The molecule has 0 amide bonds. The number of hydrogen-bond donors (Lipinski definition) is 0. The van der Waals surface area contributed by atoms with E-state index >= 15 is 0 Å². The molecule has 5 nitrogen and oxygen atoms in total. The van der Waals surface area contributed by atoms with Crippen LogP contribution in [0.2, 0.25) is 5.02 Å². The molecule has 0 N–H and O–H groups in total. The minimum atomic E-state index is 0.590. The van der Waals surface area contributed by atoms with Crippen LogP contribution >= 0.6 is 11.6 Å². The molecule has 2 rings (SSSR count). The summed E-state index contributed by atoms with van der Waals surface area (Å²) in [7, 11) is 5.32. The lowest BCUT2D eigenvalue weighted by atomic mass is 10.1. The number of rotatable bonds is 7. The highest BCUT2D eigenvalue weighted by atomic mass is 35.5. The number of hydrogen-bond acceptors (Lipinski definition) is 4. The van der Waals surface area contributed by atoms with E-state index in [1.165, 1.54) is 5.56 Å². The van der Waals surface area contributed by atoms with Gasteiger partial charge >= 0.3 is 0 Å². The van der Waals surface area contributed by atoms with Crippen LogP contribution in [-0.4, -0.2) is 35.9 Å². The van der Waals surface area contributed by atoms with Crippen molar-refractivity contribution in [1.82, 2.24) is 14.7 Å². The maximum absolute atomic E-state index is 6.24. The third-order valence-corrected chi connectivity index (χ3v) is 4.10. The highest BCUT2D eigenvalue weighted by molar-refractivity contribution is 6.32. The summed E-state index contributed by atoms with van der Waals surface area (Å²) >= 11 is 6.24. The SMILES string of the molecule is CCn1cc(CN(C)Cc2cc(Cl)c(OC)cc2OC)c(C)n1. The fourth-order valence-electron chi connectivity index (χ4n) is 2.56. The first kappa shape index (κ1) is 17.6. The molecule has 0 atom stereocenters. The smallest absolute Gasteiger partial charge is 0.141 e. The number of aryl methyl sites for hydroxylation is 2. The van der Waals surface area contributed by atoms with Crippen molar-refractivity contribution in [3.05, 3.63) is 40.2 Å². The van der Waals surface area contributed by atoms with E-state index < -0.39 is 0 Å². The Morgan fingerprint density at radius 1 is 1.13 bits per heavy atom. The van der Waals surface area contributed by atoms with Gasteiger partial charge in [0.25, 0.3) is 0 Å². The molecule has 126 valence electrons. The largest absolute Gasteiger partial charge is 0.496 e. The average molecular weight is 338 g/mol. The van der Waals surface area contributed by atoms with Gasteiger partial charge in [0, 0.05) is 43.0 Å². The number of methoxy groups -OCH3 is 2. The number of ether oxygens (including phenoxy) is 2. The van der Waals surface area contributed by atoms with Gasteiger partial charge in [-0.3, -0.25) is 9.58 Å². The van der Waals surface area contributed by atoms with Gasteiger partial charge in [-0.25, -0.2) is 0 Å². The van der Waals surface area contributed by atoms with Crippen molar-refractivity contribution in [1.29, 1.82) is 0 Å². The van der Waals surface area contributed by atoms with Gasteiger partial charge < -0.3 is 9.47 Å². The number of aromatic nitrogens is 2. The minimum Gasteiger partial charge on any atom is -0.496 e. The summed E-state index contributed by atoms with van der Waals surface area (Å²) in [6, 6.07) is 3.73. The predicted molar refractivity (Wildman–Crippen MR) is 92.4 cm³/mol. The molecule has 0 aliphatic heterocycles. The fourth-order valence-corrected chi connectivity index (χ4v) is 2.82. The predicted octanol–water partition coefficient (Wildman–Crippen LogP) is 3.51. The molecule has 0 aliphatic carbocycles. The summed E-state index contributed by atoms with van der Waals surface area (Å²) in [5.41, 5.74) is 3.33. The Labute approximate surface area is 142 Å². The maximum atomic E-state index is 6.24. The Hall–Kier alpha value is -1.72. The zero-order chi connectivity index (χ0) is 17.0. The fraction of sp³-hybridized carbons (Fsp3) is 0.471. The van der Waals surface area contributed by atoms with Gasteiger partial charge in [-0.05, 0) is 27.0 Å². The molecule has 1 heterocycles. The van der Waals surface area contributed by atoms with E-state index in [2.05, 4.69) is 30.2 Å². The monoisotopic (exact) mass is 337 g/mol. The molecular weight excluding hydrogens is 314 g/mol. The van der Waals surface area contributed by atoms with Crippen LogP contribution in [0.15, 0.2) is 18.3 Å². The highest BCUT2D eigenvalue weighted by Crippen LogP contribution is 2.33. The number of nitrogens with zero attached hydrogens (tertiary/aromatic N) is 3. The molecule has 0 aliphatic rings. The van der Waals surface area contributed by atoms with Crippen LogP contribution < -0.4 is 9.47 Å². The van der Waals surface area contributed by atoms with E-state index in [0.29, 0.717) is 10.8 Å². The molecule has 0 unspecified atom stereocenters. The first-order chi connectivity index (χ1) is 11.0. The molecule has 1 aromatic carbocycles. The van der Waals surface area contributed by atoms with Crippen molar-refractivity contribution >= 4 is 11.6 Å². The number of halogens is 1. The van der Waals surface area contributed by atoms with Crippen LogP contribution in [0.25, 0.3) is 0 Å². The zero-order valence-electron chi connectivity index (χ0n) is 14.4. The topological polar surface area (TPSA) is 39.5 Å². The molecule has 0 saturated heterocycles. The number of benzene rings is 1. The van der Waals surface area contributed by atoms with Gasteiger partial charge in [-0.15, -0.1) is 0 Å². The van der Waals surface area contributed by atoms with Crippen LogP contribution in [-0.2, 0) is 19.6 Å². The first-order valence-electron chi connectivity index (χ1n) is 7.60. The van der Waals surface area contributed by atoms with Crippen LogP contribution in [0.4, 0.5) is 0 Å². The van der Waals surface area contributed by atoms with E-state index in [1.807, 2.05) is 23.7 Å². The Balaban J connectivity index is 2.14. The van der Waals surface area contributed by atoms with Crippen molar-refractivity contribution in [3.63, 3.8) is 0 Å². The Morgan fingerprint density at radius 3 is 2.35 bits per heavy atom. The molecule has 0 fully saturated rings. The quantitative estimate of drug-likeness (QED) is 0.775. The molecule has 0 bridgehead atoms. The third kappa shape index (κ3) is 4.18. The van der Waals surface area contributed by atoms with E-state index in [-0.39, 0.29) is 0 Å². The van der Waals surface area contributed by atoms with E-state index in [0.717, 1.165) is 36.6 Å². The Bertz CT molecular complexity index is 670. The standard InChI is InChI=1S/C17H24ClN3O2/c1-6-21-11-14(12(2)19-21)10-20(3)9-13-7-15(18)17(23-5)8-16(13)22-4/h7-8,11H,6,9-10H2,1-5H3. The van der Waals surface area contributed by atoms with Gasteiger partial charge in [0.2, 0.25) is 0 Å². The van der Waals surface area contributed by atoms with Gasteiger partial charge in [-0.1, -0.05) is 11.6 Å². The first-order valence-corrected chi connectivity index (χ1v) is 7.98. The summed E-state index contributed by atoms with van der Waals surface area (Å²) in [5.74, 6) is 1.40. The van der Waals surface area contributed by atoms with Gasteiger partial charge in [-0.2, -0.15) is 5.10 Å². The highest BCUT2D eigenvalue weighted by Gasteiger charge is 2.13. The van der Waals surface area contributed by atoms with Crippen LogP contribution in [0, 0.1) is 6.92 Å². The summed E-state index contributed by atoms with van der Waals surface area (Å²) in [5, 5.41) is 5.08. The average Bonchev–Trinajstić information content (AvgIpc) is 2.87. The van der Waals surface area contributed by atoms with Gasteiger partial charge in [0.1, 0.15) is 11.5 Å². The summed E-state index contributed by atoms with van der Waals surface area (Å²) in [4.78, 5) is 2.21.